The largest absolute Gasteiger partial charge is 0.496 e. The van der Waals surface area contributed by atoms with Gasteiger partial charge in [0, 0.05) is 10.3 Å². The number of methoxy groups -OCH3 is 1. The second kappa shape index (κ2) is 5.27. The fourth-order valence-corrected chi connectivity index (χ4v) is 3.38. The molecule has 0 amide bonds. The van der Waals surface area contributed by atoms with Gasteiger partial charge < -0.3 is 10.5 Å². The maximum atomic E-state index is 6.46. The smallest absolute Gasteiger partial charge is 0.129 e. The number of ether oxygens (including phenoxy) is 1. The molecule has 1 aromatic heterocycles. The number of hydrogen-bond donors (Lipinski definition) is 1. The van der Waals surface area contributed by atoms with E-state index >= 15 is 0 Å². The molecule has 2 nitrogen and oxygen atoms in total. The number of aryl methyl sites for hydroxylation is 1. The van der Waals surface area contributed by atoms with Crippen molar-refractivity contribution in [2.45, 2.75) is 13.0 Å². The van der Waals surface area contributed by atoms with Gasteiger partial charge in [0.25, 0.3) is 0 Å². The Morgan fingerprint density at radius 2 is 1.85 bits per heavy atom. The van der Waals surface area contributed by atoms with Crippen molar-refractivity contribution in [3.63, 3.8) is 0 Å². The van der Waals surface area contributed by atoms with Crippen molar-refractivity contribution >= 4 is 22.1 Å². The topological polar surface area (TPSA) is 35.2 Å². The highest BCUT2D eigenvalue weighted by Gasteiger charge is 2.15. The summed E-state index contributed by atoms with van der Waals surface area (Å²) >= 11 is 1.64. The Hall–Kier alpha value is -1.84. The molecule has 2 aromatic carbocycles. The molecular weight excluding hydrogens is 266 g/mol. The highest BCUT2D eigenvalue weighted by molar-refractivity contribution is 7.10. The van der Waals surface area contributed by atoms with Crippen molar-refractivity contribution in [3.05, 3.63) is 63.8 Å². The third kappa shape index (κ3) is 2.19. The maximum Gasteiger partial charge on any atom is 0.129 e. The minimum atomic E-state index is -0.116. The lowest BCUT2D eigenvalue weighted by Gasteiger charge is -2.14. The summed E-state index contributed by atoms with van der Waals surface area (Å²) in [5.41, 5.74) is 8.90. The highest BCUT2D eigenvalue weighted by atomic mass is 32.1. The lowest BCUT2D eigenvalue weighted by atomic mass is 9.95. The first kappa shape index (κ1) is 13.2. The molecule has 1 unspecified atom stereocenters. The predicted molar refractivity (Wildman–Crippen MR) is 85.6 cm³/mol. The van der Waals surface area contributed by atoms with E-state index in [9.17, 15) is 0 Å². The van der Waals surface area contributed by atoms with Gasteiger partial charge in [0.15, 0.2) is 0 Å². The van der Waals surface area contributed by atoms with Gasteiger partial charge in [-0.2, -0.15) is 0 Å². The number of nitrogens with two attached hydrogens (primary N) is 1. The van der Waals surface area contributed by atoms with Gasteiger partial charge in [-0.05, 0) is 34.9 Å². The lowest BCUT2D eigenvalue weighted by molar-refractivity contribution is 0.416. The first-order chi connectivity index (χ1) is 9.70. The van der Waals surface area contributed by atoms with E-state index in [1.54, 1.807) is 18.4 Å². The third-order valence-electron chi connectivity index (χ3n) is 3.65. The number of rotatable bonds is 3. The monoisotopic (exact) mass is 283 g/mol. The fraction of sp³-hybridized carbons (Fsp3) is 0.176. The van der Waals surface area contributed by atoms with Crippen molar-refractivity contribution in [3.8, 4) is 5.75 Å². The van der Waals surface area contributed by atoms with Crippen LogP contribution in [0.25, 0.3) is 10.8 Å². The van der Waals surface area contributed by atoms with Crippen LogP contribution in [-0.4, -0.2) is 7.11 Å². The Morgan fingerprint density at radius 1 is 1.10 bits per heavy atom. The van der Waals surface area contributed by atoms with Crippen LogP contribution in [0.4, 0.5) is 0 Å². The molecule has 3 rings (SSSR count). The minimum absolute atomic E-state index is 0.116. The van der Waals surface area contributed by atoms with E-state index in [1.165, 1.54) is 16.3 Å². The van der Waals surface area contributed by atoms with E-state index in [0.29, 0.717) is 0 Å². The van der Waals surface area contributed by atoms with E-state index in [-0.39, 0.29) is 6.04 Å². The van der Waals surface area contributed by atoms with Gasteiger partial charge >= 0.3 is 0 Å². The van der Waals surface area contributed by atoms with Crippen molar-refractivity contribution in [2.24, 2.45) is 5.73 Å². The van der Waals surface area contributed by atoms with E-state index in [2.05, 4.69) is 43.3 Å². The summed E-state index contributed by atoms with van der Waals surface area (Å²) in [5, 5.41) is 4.49. The summed E-state index contributed by atoms with van der Waals surface area (Å²) in [6, 6.07) is 14.6. The first-order valence-corrected chi connectivity index (χ1v) is 7.45. The van der Waals surface area contributed by atoms with Crippen LogP contribution in [0.2, 0.25) is 0 Å². The van der Waals surface area contributed by atoms with E-state index in [1.807, 2.05) is 11.4 Å². The van der Waals surface area contributed by atoms with Crippen molar-refractivity contribution < 1.29 is 4.74 Å². The van der Waals surface area contributed by atoms with Crippen molar-refractivity contribution in [2.75, 3.05) is 7.11 Å². The van der Waals surface area contributed by atoms with Gasteiger partial charge in [0.05, 0.1) is 13.2 Å². The molecule has 0 radical (unpaired) electrons. The molecule has 2 N–H and O–H groups in total. The zero-order valence-corrected chi connectivity index (χ0v) is 12.4. The molecule has 20 heavy (non-hydrogen) atoms. The van der Waals surface area contributed by atoms with Crippen LogP contribution in [0.5, 0.6) is 5.75 Å². The SMILES string of the molecule is COc1csc(C(N)c2ccc(C)c3ccccc23)c1. The summed E-state index contributed by atoms with van der Waals surface area (Å²) in [5.74, 6) is 0.872. The third-order valence-corrected chi connectivity index (χ3v) is 4.64. The summed E-state index contributed by atoms with van der Waals surface area (Å²) in [6.07, 6.45) is 0. The molecule has 0 bridgehead atoms. The van der Waals surface area contributed by atoms with Crippen LogP contribution in [0.15, 0.2) is 47.8 Å². The van der Waals surface area contributed by atoms with Crippen molar-refractivity contribution in [1.29, 1.82) is 0 Å². The van der Waals surface area contributed by atoms with Crippen LogP contribution in [0, 0.1) is 6.92 Å². The summed E-state index contributed by atoms with van der Waals surface area (Å²) in [4.78, 5) is 1.12. The lowest BCUT2D eigenvalue weighted by Crippen LogP contribution is -2.10. The number of benzene rings is 2. The molecule has 0 saturated heterocycles. The first-order valence-electron chi connectivity index (χ1n) is 6.57. The number of thiophene rings is 1. The standard InChI is InChI=1S/C17H17NOS/c1-11-7-8-15(14-6-4-3-5-13(11)14)17(18)16-9-12(19-2)10-20-16/h3-10,17H,18H2,1-2H3. The zero-order chi connectivity index (χ0) is 14.1. The van der Waals surface area contributed by atoms with E-state index in [0.717, 1.165) is 16.2 Å². The van der Waals surface area contributed by atoms with Gasteiger partial charge in [-0.3, -0.25) is 0 Å². The zero-order valence-electron chi connectivity index (χ0n) is 11.6. The Bertz CT molecular complexity index is 748. The van der Waals surface area contributed by atoms with Gasteiger partial charge in [-0.15, -0.1) is 11.3 Å². The van der Waals surface area contributed by atoms with E-state index in [4.69, 9.17) is 10.5 Å². The van der Waals surface area contributed by atoms with Gasteiger partial charge in [0.1, 0.15) is 5.75 Å². The number of fused-ring (bicyclic) bond motifs is 1. The molecule has 3 heteroatoms. The van der Waals surface area contributed by atoms with Crippen LogP contribution >= 0.6 is 11.3 Å². The Balaban J connectivity index is 2.12. The molecule has 0 saturated carbocycles. The molecule has 102 valence electrons. The van der Waals surface area contributed by atoms with Crippen molar-refractivity contribution in [1.82, 2.24) is 0 Å². The Labute approximate surface area is 122 Å². The average Bonchev–Trinajstić information content (AvgIpc) is 2.96. The molecule has 1 atom stereocenters. The van der Waals surface area contributed by atoms with E-state index < -0.39 is 0 Å². The van der Waals surface area contributed by atoms with Gasteiger partial charge in [-0.1, -0.05) is 36.4 Å². The van der Waals surface area contributed by atoms with Crippen LogP contribution in [-0.2, 0) is 0 Å². The molecule has 0 aliphatic rings. The summed E-state index contributed by atoms with van der Waals surface area (Å²) in [7, 11) is 1.68. The van der Waals surface area contributed by atoms with Crippen LogP contribution < -0.4 is 10.5 Å². The highest BCUT2D eigenvalue weighted by Crippen LogP contribution is 2.33. The second-order valence-electron chi connectivity index (χ2n) is 4.88. The molecular formula is C17H17NOS. The van der Waals surface area contributed by atoms with Crippen LogP contribution in [0.1, 0.15) is 22.0 Å². The molecule has 0 fully saturated rings. The summed E-state index contributed by atoms with van der Waals surface area (Å²) in [6.45, 7) is 2.13. The predicted octanol–water partition coefficient (Wildman–Crippen LogP) is 4.27. The van der Waals surface area contributed by atoms with Crippen LogP contribution in [0.3, 0.4) is 0 Å². The Kier molecular flexibility index (Phi) is 3.47. The molecule has 0 aliphatic carbocycles. The second-order valence-corrected chi connectivity index (χ2v) is 5.83. The summed E-state index contributed by atoms with van der Waals surface area (Å²) < 4.78 is 5.24. The number of hydrogen-bond acceptors (Lipinski definition) is 3. The Morgan fingerprint density at radius 3 is 2.55 bits per heavy atom. The van der Waals surface area contributed by atoms with Gasteiger partial charge in [-0.25, -0.2) is 0 Å². The fourth-order valence-electron chi connectivity index (χ4n) is 2.50. The molecule has 3 aromatic rings. The maximum absolute atomic E-state index is 6.46. The van der Waals surface area contributed by atoms with Gasteiger partial charge in [0.2, 0.25) is 0 Å². The normalized spacial score (nSPS) is 12.6. The quantitative estimate of drug-likeness (QED) is 0.779. The molecule has 0 aliphatic heterocycles. The molecule has 1 heterocycles. The minimum Gasteiger partial charge on any atom is -0.496 e. The average molecular weight is 283 g/mol. The molecule has 0 spiro atoms.